The normalized spacial score (nSPS) is 43.8. The van der Waals surface area contributed by atoms with E-state index in [1.165, 1.54) is 13.8 Å². The summed E-state index contributed by atoms with van der Waals surface area (Å²) in [5.41, 5.74) is 0.255. The molecule has 0 heterocycles. The lowest BCUT2D eigenvalue weighted by Crippen LogP contribution is -2.60. The van der Waals surface area contributed by atoms with E-state index in [0.29, 0.717) is 31.6 Å². The van der Waals surface area contributed by atoms with E-state index in [9.17, 15) is 19.2 Å². The molecule has 6 heteroatoms. The van der Waals surface area contributed by atoms with Crippen molar-refractivity contribution in [3.63, 3.8) is 0 Å². The zero-order chi connectivity index (χ0) is 22.7. The first-order valence-corrected chi connectivity index (χ1v) is 11.6. The van der Waals surface area contributed by atoms with Crippen LogP contribution in [0.2, 0.25) is 0 Å². The Balaban J connectivity index is 1.83. The van der Waals surface area contributed by atoms with Crippen LogP contribution in [-0.2, 0) is 28.7 Å². The molecule has 0 radical (unpaired) electrons. The smallest absolute Gasteiger partial charge is 0.303 e. The lowest BCUT2D eigenvalue weighted by molar-refractivity contribution is -0.184. The van der Waals surface area contributed by atoms with E-state index in [2.05, 4.69) is 13.8 Å². The molecular formula is C25H34O6. The number of fused-ring (bicyclic) bond motifs is 5. The highest BCUT2D eigenvalue weighted by molar-refractivity contribution is 5.92. The Bertz CT molecular complexity index is 858. The van der Waals surface area contributed by atoms with Crippen molar-refractivity contribution in [1.82, 2.24) is 0 Å². The molecule has 3 saturated carbocycles. The molecule has 3 fully saturated rings. The Kier molecular flexibility index (Phi) is 5.42. The first-order valence-electron chi connectivity index (χ1n) is 11.6. The van der Waals surface area contributed by atoms with Crippen LogP contribution in [-0.4, -0.2) is 35.7 Å². The fourth-order valence-electron chi connectivity index (χ4n) is 7.98. The lowest BCUT2D eigenvalue weighted by Gasteiger charge is -2.61. The Morgan fingerprint density at radius 2 is 1.71 bits per heavy atom. The highest BCUT2D eigenvalue weighted by Crippen LogP contribution is 2.67. The second-order valence-corrected chi connectivity index (χ2v) is 10.7. The van der Waals surface area contributed by atoms with Gasteiger partial charge in [0.15, 0.2) is 5.78 Å². The van der Waals surface area contributed by atoms with Gasteiger partial charge in [0.05, 0.1) is 0 Å². The van der Waals surface area contributed by atoms with E-state index in [-0.39, 0.29) is 58.2 Å². The maximum atomic E-state index is 12.5. The van der Waals surface area contributed by atoms with Crippen LogP contribution in [0.3, 0.4) is 0 Å². The summed E-state index contributed by atoms with van der Waals surface area (Å²) in [7, 11) is 0. The molecule has 0 amide bonds. The number of rotatable bonds is 3. The molecule has 31 heavy (non-hydrogen) atoms. The quantitative estimate of drug-likeness (QED) is 0.633. The molecule has 6 nitrogen and oxygen atoms in total. The third-order valence-corrected chi connectivity index (χ3v) is 8.98. The maximum Gasteiger partial charge on any atom is 0.303 e. The van der Waals surface area contributed by atoms with E-state index in [1.54, 1.807) is 13.0 Å². The fourth-order valence-corrected chi connectivity index (χ4v) is 7.98. The molecule has 4 aliphatic rings. The first kappa shape index (κ1) is 22.2. The highest BCUT2D eigenvalue weighted by atomic mass is 16.5. The van der Waals surface area contributed by atoms with Gasteiger partial charge in [0.25, 0.3) is 0 Å². The molecule has 0 saturated heterocycles. The second kappa shape index (κ2) is 7.56. The molecule has 7 unspecified atom stereocenters. The zero-order valence-corrected chi connectivity index (χ0v) is 19.2. The fraction of sp³-hybridized carbons (Fsp3) is 0.760. The molecule has 0 aromatic carbocycles. The van der Waals surface area contributed by atoms with Gasteiger partial charge in [-0.2, -0.15) is 0 Å². The van der Waals surface area contributed by atoms with Crippen LogP contribution >= 0.6 is 0 Å². The standard InChI is InChI=1S/C25H34O6/c1-13(26)18-6-7-19-17-11-21(30-14(2)27)20-10-16(29)8-9-24(20,4)23(17)22(31-15(3)28)12-25(18,19)5/h10,17-19,21-23H,6-9,11-12H2,1-5H3/t17?,18?,19?,21?,22-,23?,24?,25?/m1/s1. The minimum Gasteiger partial charge on any atom is -0.462 e. The molecule has 8 atom stereocenters. The minimum absolute atomic E-state index is 0.0404. The average molecular weight is 431 g/mol. The van der Waals surface area contributed by atoms with Gasteiger partial charge in [-0.3, -0.25) is 19.2 Å². The number of ether oxygens (including phenoxy) is 2. The van der Waals surface area contributed by atoms with Crippen molar-refractivity contribution in [2.24, 2.45) is 34.5 Å². The van der Waals surface area contributed by atoms with E-state index in [0.717, 1.165) is 18.4 Å². The number of ketones is 2. The Morgan fingerprint density at radius 1 is 1.03 bits per heavy atom. The second-order valence-electron chi connectivity index (χ2n) is 10.7. The van der Waals surface area contributed by atoms with Crippen LogP contribution in [0.4, 0.5) is 0 Å². The van der Waals surface area contributed by atoms with Crippen molar-refractivity contribution in [3.05, 3.63) is 11.6 Å². The van der Waals surface area contributed by atoms with Gasteiger partial charge in [0.2, 0.25) is 0 Å². The highest BCUT2D eigenvalue weighted by Gasteiger charge is 2.65. The molecule has 170 valence electrons. The third kappa shape index (κ3) is 3.46. The van der Waals surface area contributed by atoms with Crippen LogP contribution < -0.4 is 0 Å². The van der Waals surface area contributed by atoms with E-state index in [4.69, 9.17) is 9.47 Å². The number of hydrogen-bond donors (Lipinski definition) is 0. The van der Waals surface area contributed by atoms with Gasteiger partial charge >= 0.3 is 11.9 Å². The molecular weight excluding hydrogens is 396 g/mol. The van der Waals surface area contributed by atoms with Gasteiger partial charge in [0, 0.05) is 32.1 Å². The number of esters is 2. The third-order valence-electron chi connectivity index (χ3n) is 8.98. The molecule has 0 spiro atoms. The number of hydrogen-bond acceptors (Lipinski definition) is 6. The molecule has 0 aromatic heterocycles. The van der Waals surface area contributed by atoms with Crippen LogP contribution in [0.25, 0.3) is 0 Å². The first-order chi connectivity index (χ1) is 14.5. The Labute approximate surface area is 184 Å². The van der Waals surface area contributed by atoms with Gasteiger partial charge in [-0.15, -0.1) is 0 Å². The summed E-state index contributed by atoms with van der Waals surface area (Å²) in [6, 6.07) is 0. The van der Waals surface area contributed by atoms with Gasteiger partial charge < -0.3 is 9.47 Å². The van der Waals surface area contributed by atoms with Gasteiger partial charge in [-0.05, 0) is 73.3 Å². The van der Waals surface area contributed by atoms with E-state index in [1.807, 2.05) is 0 Å². The predicted molar refractivity (Wildman–Crippen MR) is 113 cm³/mol. The number of Topliss-reactive ketones (excluding diaryl/α,β-unsaturated/α-hetero) is 1. The monoisotopic (exact) mass is 430 g/mol. The number of carbonyl (C=O) groups is 4. The van der Waals surface area contributed by atoms with Crippen molar-refractivity contribution in [2.75, 3.05) is 0 Å². The Hall–Kier alpha value is -1.98. The van der Waals surface area contributed by atoms with Crippen molar-refractivity contribution >= 4 is 23.5 Å². The molecule has 0 bridgehead atoms. The van der Waals surface area contributed by atoms with Crippen molar-refractivity contribution in [1.29, 1.82) is 0 Å². The van der Waals surface area contributed by atoms with Crippen LogP contribution in [0.5, 0.6) is 0 Å². The maximum absolute atomic E-state index is 12.5. The van der Waals surface area contributed by atoms with Gasteiger partial charge in [0.1, 0.15) is 18.0 Å². The molecule has 0 aromatic rings. The molecule has 4 aliphatic carbocycles. The summed E-state index contributed by atoms with van der Waals surface area (Å²) in [6.07, 6.45) is 5.11. The number of carbonyl (C=O) groups excluding carboxylic acids is 4. The largest absolute Gasteiger partial charge is 0.462 e. The molecule has 4 rings (SSSR count). The van der Waals surface area contributed by atoms with Crippen LogP contribution in [0.1, 0.15) is 73.1 Å². The SMILES string of the molecule is CC(=O)OC1CC2C([C@H](OC(C)=O)CC3(C)C(C(C)=O)CCC23)C2(C)CCC(=O)C=C12. The summed E-state index contributed by atoms with van der Waals surface area (Å²) < 4.78 is 11.7. The van der Waals surface area contributed by atoms with Gasteiger partial charge in [-0.25, -0.2) is 0 Å². The van der Waals surface area contributed by atoms with E-state index >= 15 is 0 Å². The summed E-state index contributed by atoms with van der Waals surface area (Å²) in [5, 5.41) is 0. The molecule has 0 aliphatic heterocycles. The summed E-state index contributed by atoms with van der Waals surface area (Å²) in [4.78, 5) is 48.9. The Morgan fingerprint density at radius 3 is 2.32 bits per heavy atom. The van der Waals surface area contributed by atoms with E-state index < -0.39 is 6.10 Å². The topological polar surface area (TPSA) is 86.7 Å². The average Bonchev–Trinajstić information content (AvgIpc) is 2.99. The minimum atomic E-state index is -0.440. The van der Waals surface area contributed by atoms with Crippen molar-refractivity contribution < 1.29 is 28.7 Å². The summed E-state index contributed by atoms with van der Waals surface area (Å²) >= 11 is 0. The van der Waals surface area contributed by atoms with Crippen molar-refractivity contribution in [2.45, 2.75) is 85.4 Å². The summed E-state index contributed by atoms with van der Waals surface area (Å²) in [6.45, 7) is 8.84. The zero-order valence-electron chi connectivity index (χ0n) is 19.2. The van der Waals surface area contributed by atoms with Crippen LogP contribution in [0.15, 0.2) is 11.6 Å². The van der Waals surface area contributed by atoms with Gasteiger partial charge in [-0.1, -0.05) is 13.8 Å². The predicted octanol–water partition coefficient (Wildman–Crippen LogP) is 3.81. The van der Waals surface area contributed by atoms with Crippen molar-refractivity contribution in [3.8, 4) is 0 Å². The summed E-state index contributed by atoms with van der Waals surface area (Å²) in [5.74, 6) is 0.0592. The van der Waals surface area contributed by atoms with Crippen LogP contribution in [0, 0.1) is 34.5 Å². The lowest BCUT2D eigenvalue weighted by atomic mass is 9.45. The molecule has 0 N–H and O–H groups in total.